The maximum Gasteiger partial charge on any atom is 0.119 e. The van der Waals surface area contributed by atoms with Crippen molar-refractivity contribution in [1.82, 2.24) is 4.90 Å². The lowest BCUT2D eigenvalue weighted by Gasteiger charge is -2.30. The number of likely N-dealkylation sites (N-methyl/N-ethyl adjacent to an activating group) is 1. The van der Waals surface area contributed by atoms with Crippen LogP contribution in [0.1, 0.15) is 17.2 Å². The first-order valence-corrected chi connectivity index (χ1v) is 4.81. The first-order chi connectivity index (χ1) is 6.70. The average Bonchev–Trinajstić information content (AvgIpc) is 2.16. The van der Waals surface area contributed by atoms with Crippen molar-refractivity contribution in [3.63, 3.8) is 0 Å². The molecule has 3 nitrogen and oxygen atoms in total. The molecule has 0 spiro atoms. The van der Waals surface area contributed by atoms with Gasteiger partial charge in [-0.3, -0.25) is 0 Å². The molecule has 14 heavy (non-hydrogen) atoms. The van der Waals surface area contributed by atoms with Crippen molar-refractivity contribution in [2.75, 3.05) is 20.7 Å². The second-order valence-electron chi connectivity index (χ2n) is 3.87. The Bertz CT molecular complexity index is 338. The van der Waals surface area contributed by atoms with Crippen molar-refractivity contribution < 1.29 is 4.74 Å². The topological polar surface area (TPSA) is 38.5 Å². The zero-order chi connectivity index (χ0) is 10.1. The molecule has 2 rings (SSSR count). The Labute approximate surface area is 84.5 Å². The van der Waals surface area contributed by atoms with Gasteiger partial charge >= 0.3 is 0 Å². The molecule has 0 bridgehead atoms. The number of benzene rings is 1. The first-order valence-electron chi connectivity index (χ1n) is 4.81. The molecule has 0 saturated carbocycles. The second kappa shape index (κ2) is 3.59. The molecular weight excluding hydrogens is 176 g/mol. The van der Waals surface area contributed by atoms with E-state index in [-0.39, 0.29) is 6.04 Å². The molecule has 0 fully saturated rings. The number of nitrogens with zero attached hydrogens (tertiary/aromatic N) is 1. The van der Waals surface area contributed by atoms with Crippen molar-refractivity contribution in [2.24, 2.45) is 5.73 Å². The van der Waals surface area contributed by atoms with Gasteiger partial charge in [0.25, 0.3) is 0 Å². The van der Waals surface area contributed by atoms with Crippen LogP contribution in [0.4, 0.5) is 0 Å². The van der Waals surface area contributed by atoms with Crippen molar-refractivity contribution in [2.45, 2.75) is 12.6 Å². The summed E-state index contributed by atoms with van der Waals surface area (Å²) in [6, 6.07) is 6.26. The number of methoxy groups -OCH3 is 1. The van der Waals surface area contributed by atoms with Gasteiger partial charge in [0.05, 0.1) is 7.11 Å². The Kier molecular flexibility index (Phi) is 2.44. The van der Waals surface area contributed by atoms with E-state index in [1.165, 1.54) is 11.1 Å². The normalized spacial score (nSPS) is 21.8. The Balaban J connectivity index is 2.39. The summed E-state index contributed by atoms with van der Waals surface area (Å²) in [5, 5.41) is 0. The minimum absolute atomic E-state index is 0.134. The fourth-order valence-corrected chi connectivity index (χ4v) is 2.00. The molecule has 0 saturated heterocycles. The SMILES string of the molecule is COc1ccc2c(c1)CN(C)CC2N. The van der Waals surface area contributed by atoms with Gasteiger partial charge in [0, 0.05) is 19.1 Å². The summed E-state index contributed by atoms with van der Waals surface area (Å²) in [6.45, 7) is 1.89. The van der Waals surface area contributed by atoms with Gasteiger partial charge in [0.1, 0.15) is 5.75 Å². The van der Waals surface area contributed by atoms with Crippen LogP contribution in [-0.2, 0) is 6.54 Å². The van der Waals surface area contributed by atoms with Crippen LogP contribution in [0.25, 0.3) is 0 Å². The maximum atomic E-state index is 6.05. The van der Waals surface area contributed by atoms with E-state index in [9.17, 15) is 0 Å². The third kappa shape index (κ3) is 1.61. The molecule has 1 aliphatic rings. The minimum atomic E-state index is 0.134. The fraction of sp³-hybridized carbons (Fsp3) is 0.455. The summed E-state index contributed by atoms with van der Waals surface area (Å²) in [4.78, 5) is 2.23. The van der Waals surface area contributed by atoms with E-state index >= 15 is 0 Å². The van der Waals surface area contributed by atoms with E-state index in [0.29, 0.717) is 0 Å². The molecule has 0 aromatic heterocycles. The van der Waals surface area contributed by atoms with Crippen LogP contribution in [0.15, 0.2) is 18.2 Å². The van der Waals surface area contributed by atoms with E-state index in [4.69, 9.17) is 10.5 Å². The van der Waals surface area contributed by atoms with E-state index in [1.54, 1.807) is 7.11 Å². The summed E-state index contributed by atoms with van der Waals surface area (Å²) < 4.78 is 5.19. The van der Waals surface area contributed by atoms with Crippen molar-refractivity contribution in [3.05, 3.63) is 29.3 Å². The highest BCUT2D eigenvalue weighted by Crippen LogP contribution is 2.27. The van der Waals surface area contributed by atoms with Crippen LogP contribution in [0, 0.1) is 0 Å². The summed E-state index contributed by atoms with van der Waals surface area (Å²) in [5.41, 5.74) is 8.58. The Hall–Kier alpha value is -1.06. The van der Waals surface area contributed by atoms with E-state index in [1.807, 2.05) is 6.07 Å². The number of hydrogen-bond donors (Lipinski definition) is 1. The number of nitrogens with two attached hydrogens (primary N) is 1. The molecule has 2 N–H and O–H groups in total. The zero-order valence-electron chi connectivity index (χ0n) is 8.66. The summed E-state index contributed by atoms with van der Waals surface area (Å²) >= 11 is 0. The quantitative estimate of drug-likeness (QED) is 0.725. The van der Waals surface area contributed by atoms with Crippen LogP contribution in [0.3, 0.4) is 0 Å². The number of ether oxygens (including phenoxy) is 1. The predicted molar refractivity (Wildman–Crippen MR) is 56.3 cm³/mol. The van der Waals surface area contributed by atoms with E-state index in [2.05, 4.69) is 24.1 Å². The van der Waals surface area contributed by atoms with Gasteiger partial charge in [0.15, 0.2) is 0 Å². The molecule has 0 amide bonds. The van der Waals surface area contributed by atoms with Gasteiger partial charge in [-0.2, -0.15) is 0 Å². The molecule has 1 atom stereocenters. The molecule has 1 aromatic rings. The largest absolute Gasteiger partial charge is 0.497 e. The highest BCUT2D eigenvalue weighted by Gasteiger charge is 2.20. The molecule has 1 aliphatic heterocycles. The lowest BCUT2D eigenvalue weighted by molar-refractivity contribution is 0.282. The Morgan fingerprint density at radius 1 is 1.50 bits per heavy atom. The fourth-order valence-electron chi connectivity index (χ4n) is 2.00. The maximum absolute atomic E-state index is 6.05. The van der Waals surface area contributed by atoms with Crippen LogP contribution in [-0.4, -0.2) is 25.6 Å². The summed E-state index contributed by atoms with van der Waals surface area (Å²) in [6.07, 6.45) is 0. The van der Waals surface area contributed by atoms with Gasteiger partial charge in [-0.05, 0) is 30.3 Å². The van der Waals surface area contributed by atoms with Crippen LogP contribution < -0.4 is 10.5 Å². The Morgan fingerprint density at radius 3 is 3.00 bits per heavy atom. The molecule has 0 radical (unpaired) electrons. The number of hydrogen-bond acceptors (Lipinski definition) is 3. The minimum Gasteiger partial charge on any atom is -0.497 e. The van der Waals surface area contributed by atoms with E-state index in [0.717, 1.165) is 18.8 Å². The first kappa shape index (κ1) is 9.49. The monoisotopic (exact) mass is 192 g/mol. The molecule has 1 heterocycles. The zero-order valence-corrected chi connectivity index (χ0v) is 8.66. The third-order valence-corrected chi connectivity index (χ3v) is 2.70. The molecule has 76 valence electrons. The van der Waals surface area contributed by atoms with Crippen molar-refractivity contribution >= 4 is 0 Å². The highest BCUT2D eigenvalue weighted by molar-refractivity contribution is 5.38. The molecule has 0 aliphatic carbocycles. The van der Waals surface area contributed by atoms with Crippen LogP contribution >= 0.6 is 0 Å². The standard InChI is InChI=1S/C11H16N2O/c1-13-6-8-5-9(14-2)3-4-10(8)11(12)7-13/h3-5,11H,6-7,12H2,1-2H3. The average molecular weight is 192 g/mol. The number of rotatable bonds is 1. The van der Waals surface area contributed by atoms with Crippen LogP contribution in [0.5, 0.6) is 5.75 Å². The van der Waals surface area contributed by atoms with Gasteiger partial charge in [-0.15, -0.1) is 0 Å². The van der Waals surface area contributed by atoms with Crippen molar-refractivity contribution in [3.8, 4) is 5.75 Å². The third-order valence-electron chi connectivity index (χ3n) is 2.70. The van der Waals surface area contributed by atoms with Gasteiger partial charge in [0.2, 0.25) is 0 Å². The van der Waals surface area contributed by atoms with E-state index < -0.39 is 0 Å². The molecule has 3 heteroatoms. The highest BCUT2D eigenvalue weighted by atomic mass is 16.5. The molecular formula is C11H16N2O. The van der Waals surface area contributed by atoms with Crippen LogP contribution in [0.2, 0.25) is 0 Å². The molecule has 1 aromatic carbocycles. The van der Waals surface area contributed by atoms with Gasteiger partial charge in [-0.25, -0.2) is 0 Å². The summed E-state index contributed by atoms with van der Waals surface area (Å²) in [7, 11) is 3.77. The number of fused-ring (bicyclic) bond motifs is 1. The van der Waals surface area contributed by atoms with Gasteiger partial charge in [-0.1, -0.05) is 6.07 Å². The van der Waals surface area contributed by atoms with Gasteiger partial charge < -0.3 is 15.4 Å². The molecule has 1 unspecified atom stereocenters. The summed E-state index contributed by atoms with van der Waals surface area (Å²) in [5.74, 6) is 0.909. The predicted octanol–water partition coefficient (Wildman–Crippen LogP) is 1.14. The lowest BCUT2D eigenvalue weighted by Crippen LogP contribution is -2.34. The Morgan fingerprint density at radius 2 is 2.29 bits per heavy atom. The second-order valence-corrected chi connectivity index (χ2v) is 3.87. The lowest BCUT2D eigenvalue weighted by atomic mass is 9.96. The smallest absolute Gasteiger partial charge is 0.119 e. The van der Waals surface area contributed by atoms with Crippen molar-refractivity contribution in [1.29, 1.82) is 0 Å².